The van der Waals surface area contributed by atoms with E-state index in [2.05, 4.69) is 5.32 Å². The normalized spacial score (nSPS) is 11.2. The monoisotopic (exact) mass is 459 g/mol. The molecular weight excluding hydrogens is 426 g/mol. The third-order valence-electron chi connectivity index (χ3n) is 5.43. The number of carbonyl (C=O) groups excluding carboxylic acids is 2. The van der Waals surface area contributed by atoms with E-state index in [1.165, 1.54) is 4.31 Å². The van der Waals surface area contributed by atoms with E-state index in [-0.39, 0.29) is 24.8 Å². The van der Waals surface area contributed by atoms with Crippen LogP contribution in [0.2, 0.25) is 0 Å². The molecule has 32 heavy (non-hydrogen) atoms. The van der Waals surface area contributed by atoms with Gasteiger partial charge < -0.3 is 10.2 Å². The highest BCUT2D eigenvalue weighted by Crippen LogP contribution is 2.22. The summed E-state index contributed by atoms with van der Waals surface area (Å²) in [5.74, 6) is -0.401. The van der Waals surface area contributed by atoms with Gasteiger partial charge in [0.1, 0.15) is 0 Å². The summed E-state index contributed by atoms with van der Waals surface area (Å²) in [5, 5.41) is 2.81. The van der Waals surface area contributed by atoms with E-state index >= 15 is 0 Å². The highest BCUT2D eigenvalue weighted by Gasteiger charge is 2.20. The molecule has 0 bridgehead atoms. The van der Waals surface area contributed by atoms with Gasteiger partial charge in [-0.15, -0.1) is 0 Å². The number of benzene rings is 2. The highest BCUT2D eigenvalue weighted by molar-refractivity contribution is 7.92. The largest absolute Gasteiger partial charge is 0.339 e. The Morgan fingerprint density at radius 3 is 2.22 bits per heavy atom. The first kappa shape index (κ1) is 25.4. The molecule has 1 N–H and O–H groups in total. The van der Waals surface area contributed by atoms with Gasteiger partial charge >= 0.3 is 0 Å². The molecule has 0 atom stereocenters. The molecule has 0 aliphatic heterocycles. The van der Waals surface area contributed by atoms with Crippen molar-refractivity contribution < 1.29 is 18.0 Å². The Hall–Kier alpha value is -2.87. The van der Waals surface area contributed by atoms with Gasteiger partial charge in [-0.2, -0.15) is 0 Å². The maximum Gasteiger partial charge on any atom is 0.255 e. The summed E-state index contributed by atoms with van der Waals surface area (Å²) in [6, 6.07) is 12.4. The molecule has 8 heteroatoms. The van der Waals surface area contributed by atoms with Gasteiger partial charge in [-0.3, -0.25) is 13.9 Å². The zero-order valence-corrected chi connectivity index (χ0v) is 20.3. The Morgan fingerprint density at radius 2 is 1.62 bits per heavy atom. The summed E-state index contributed by atoms with van der Waals surface area (Å²) >= 11 is 0. The molecule has 0 heterocycles. The standard InChI is InChI=1S/C24H33N3O4S/c1-6-26(7-2)24(29)21-11-8-9-12-22(21)25-23(28)13-10-16-27(32(5,30)31)20-15-14-18(3)19(4)17-20/h8-9,11-12,14-15,17H,6-7,10,13,16H2,1-5H3,(H,25,28). The SMILES string of the molecule is CCN(CC)C(=O)c1ccccc1NC(=O)CCCN(c1ccc(C)c(C)c1)S(C)(=O)=O. The molecule has 2 amide bonds. The smallest absolute Gasteiger partial charge is 0.255 e. The predicted octanol–water partition coefficient (Wildman–Crippen LogP) is 3.97. The Labute approximate surface area is 191 Å². The summed E-state index contributed by atoms with van der Waals surface area (Å²) < 4.78 is 26.0. The maximum absolute atomic E-state index is 12.7. The van der Waals surface area contributed by atoms with Crippen LogP contribution in [0.25, 0.3) is 0 Å². The fourth-order valence-corrected chi connectivity index (χ4v) is 4.38. The van der Waals surface area contributed by atoms with Crippen LogP contribution in [-0.2, 0) is 14.8 Å². The second kappa shape index (κ2) is 11.1. The van der Waals surface area contributed by atoms with Gasteiger partial charge in [0.15, 0.2) is 0 Å². The number of carbonyl (C=O) groups is 2. The number of hydrogen-bond acceptors (Lipinski definition) is 4. The van der Waals surface area contributed by atoms with Crippen molar-refractivity contribution in [3.63, 3.8) is 0 Å². The molecule has 2 aromatic carbocycles. The molecule has 174 valence electrons. The minimum Gasteiger partial charge on any atom is -0.339 e. The number of anilines is 2. The molecule has 7 nitrogen and oxygen atoms in total. The molecule has 0 saturated heterocycles. The van der Waals surface area contributed by atoms with Gasteiger partial charge in [0.25, 0.3) is 5.91 Å². The molecule has 0 saturated carbocycles. The Bertz CT molecular complexity index is 1060. The summed E-state index contributed by atoms with van der Waals surface area (Å²) in [6.07, 6.45) is 1.64. The van der Waals surface area contributed by atoms with Crippen LogP contribution in [0, 0.1) is 13.8 Å². The van der Waals surface area contributed by atoms with Crippen LogP contribution in [0.1, 0.15) is 48.2 Å². The van der Waals surface area contributed by atoms with Crippen molar-refractivity contribution >= 4 is 33.2 Å². The Balaban J connectivity index is 2.06. The first-order chi connectivity index (χ1) is 15.1. The van der Waals surface area contributed by atoms with Crippen LogP contribution >= 0.6 is 0 Å². The lowest BCUT2D eigenvalue weighted by molar-refractivity contribution is -0.116. The van der Waals surface area contributed by atoms with Crippen LogP contribution in [0.15, 0.2) is 42.5 Å². The molecule has 2 aromatic rings. The van der Waals surface area contributed by atoms with E-state index in [0.717, 1.165) is 17.4 Å². The van der Waals surface area contributed by atoms with Crippen LogP contribution in [0.3, 0.4) is 0 Å². The van der Waals surface area contributed by atoms with E-state index in [0.29, 0.717) is 36.4 Å². The van der Waals surface area contributed by atoms with Crippen LogP contribution < -0.4 is 9.62 Å². The van der Waals surface area contributed by atoms with Gasteiger partial charge in [0, 0.05) is 26.1 Å². The van der Waals surface area contributed by atoms with Crippen molar-refractivity contribution in [3.8, 4) is 0 Å². The molecular formula is C24H33N3O4S. The van der Waals surface area contributed by atoms with Gasteiger partial charge in [-0.25, -0.2) is 8.42 Å². The van der Waals surface area contributed by atoms with Crippen molar-refractivity contribution in [2.24, 2.45) is 0 Å². The van der Waals surface area contributed by atoms with Crippen molar-refractivity contribution in [1.82, 2.24) is 4.90 Å². The van der Waals surface area contributed by atoms with E-state index in [4.69, 9.17) is 0 Å². The molecule has 0 aromatic heterocycles. The van der Waals surface area contributed by atoms with Crippen molar-refractivity contribution in [1.29, 1.82) is 0 Å². The minimum absolute atomic E-state index is 0.130. The van der Waals surface area contributed by atoms with E-state index in [1.807, 2.05) is 39.8 Å². The first-order valence-corrected chi connectivity index (χ1v) is 12.7. The maximum atomic E-state index is 12.7. The molecule has 0 aliphatic rings. The number of nitrogens with zero attached hydrogens (tertiary/aromatic N) is 2. The van der Waals surface area contributed by atoms with Crippen molar-refractivity contribution in [3.05, 3.63) is 59.2 Å². The minimum atomic E-state index is -3.49. The molecule has 0 fully saturated rings. The summed E-state index contributed by atoms with van der Waals surface area (Å²) in [7, 11) is -3.49. The molecule has 2 rings (SSSR count). The van der Waals surface area contributed by atoms with E-state index in [9.17, 15) is 18.0 Å². The Kier molecular flexibility index (Phi) is 8.83. The zero-order chi connectivity index (χ0) is 23.9. The third kappa shape index (κ3) is 6.56. The third-order valence-corrected chi connectivity index (χ3v) is 6.62. The molecule has 0 aliphatic carbocycles. The number of rotatable bonds is 10. The average Bonchev–Trinajstić information content (AvgIpc) is 2.73. The number of para-hydroxylation sites is 1. The van der Waals surface area contributed by atoms with Gasteiger partial charge in [0.05, 0.1) is 23.2 Å². The highest BCUT2D eigenvalue weighted by atomic mass is 32.2. The van der Waals surface area contributed by atoms with Crippen molar-refractivity contribution in [2.45, 2.75) is 40.5 Å². The first-order valence-electron chi connectivity index (χ1n) is 10.8. The number of sulfonamides is 1. The quantitative estimate of drug-likeness (QED) is 0.582. The summed E-state index contributed by atoms with van der Waals surface area (Å²) in [4.78, 5) is 27.0. The molecule has 0 spiro atoms. The Morgan fingerprint density at radius 1 is 0.969 bits per heavy atom. The summed E-state index contributed by atoms with van der Waals surface area (Å²) in [6.45, 7) is 9.07. The number of aryl methyl sites for hydroxylation is 2. The molecule has 0 radical (unpaired) electrons. The fourth-order valence-electron chi connectivity index (χ4n) is 3.42. The zero-order valence-electron chi connectivity index (χ0n) is 19.5. The van der Waals surface area contributed by atoms with Gasteiger partial charge in [-0.1, -0.05) is 18.2 Å². The lowest BCUT2D eigenvalue weighted by Gasteiger charge is -2.23. The van der Waals surface area contributed by atoms with Gasteiger partial charge in [-0.05, 0) is 69.5 Å². The lowest BCUT2D eigenvalue weighted by Crippen LogP contribution is -2.32. The van der Waals surface area contributed by atoms with E-state index in [1.54, 1.807) is 35.2 Å². The second-order valence-corrected chi connectivity index (χ2v) is 9.69. The fraction of sp³-hybridized carbons (Fsp3) is 0.417. The van der Waals surface area contributed by atoms with Crippen LogP contribution in [-0.4, -0.2) is 51.0 Å². The second-order valence-electron chi connectivity index (χ2n) is 7.78. The topological polar surface area (TPSA) is 86.8 Å². The van der Waals surface area contributed by atoms with Crippen LogP contribution in [0.4, 0.5) is 11.4 Å². The average molecular weight is 460 g/mol. The lowest BCUT2D eigenvalue weighted by atomic mass is 10.1. The van der Waals surface area contributed by atoms with Crippen LogP contribution in [0.5, 0.6) is 0 Å². The number of amides is 2. The van der Waals surface area contributed by atoms with E-state index < -0.39 is 10.0 Å². The van der Waals surface area contributed by atoms with Gasteiger partial charge in [0.2, 0.25) is 15.9 Å². The number of hydrogen-bond donors (Lipinski definition) is 1. The molecule has 0 unspecified atom stereocenters. The predicted molar refractivity (Wildman–Crippen MR) is 130 cm³/mol. The van der Waals surface area contributed by atoms with Crippen molar-refractivity contribution in [2.75, 3.05) is 35.5 Å². The summed E-state index contributed by atoms with van der Waals surface area (Å²) in [5.41, 5.74) is 3.58. The number of nitrogens with one attached hydrogen (secondary N) is 1.